The van der Waals surface area contributed by atoms with Crippen LogP contribution < -0.4 is 10.2 Å². The van der Waals surface area contributed by atoms with Crippen LogP contribution in [-0.2, 0) is 6.54 Å². The maximum atomic E-state index is 11.8. The lowest BCUT2D eigenvalue weighted by Gasteiger charge is -2.07. The first-order valence-electron chi connectivity index (χ1n) is 5.97. The monoisotopic (exact) mass is 263 g/mol. The Balaban J connectivity index is 2.28. The van der Waals surface area contributed by atoms with Gasteiger partial charge in [-0.2, -0.15) is 0 Å². The van der Waals surface area contributed by atoms with Crippen LogP contribution in [0.5, 0.6) is 0 Å². The quantitative estimate of drug-likeness (QED) is 0.921. The molecule has 2 aromatic rings. The van der Waals surface area contributed by atoms with Crippen molar-refractivity contribution in [3.8, 4) is 0 Å². The number of pyridine rings is 1. The molecule has 0 saturated carbocycles. The van der Waals surface area contributed by atoms with Crippen LogP contribution in [0.3, 0.4) is 0 Å². The summed E-state index contributed by atoms with van der Waals surface area (Å²) in [5, 5.41) is 3.17. The van der Waals surface area contributed by atoms with Gasteiger partial charge in [-0.1, -0.05) is 11.3 Å². The molecule has 1 N–H and O–H groups in total. The van der Waals surface area contributed by atoms with Gasteiger partial charge in [0.1, 0.15) is 5.82 Å². The molecule has 0 aliphatic carbocycles. The lowest BCUT2D eigenvalue weighted by molar-refractivity contribution is 0.750. The van der Waals surface area contributed by atoms with Crippen LogP contribution in [0.4, 0.5) is 5.82 Å². The zero-order valence-corrected chi connectivity index (χ0v) is 11.7. The Morgan fingerprint density at radius 3 is 2.83 bits per heavy atom. The molecule has 0 atom stereocenters. The second-order valence-electron chi connectivity index (χ2n) is 4.18. The molecule has 0 spiro atoms. The summed E-state index contributed by atoms with van der Waals surface area (Å²) in [5.41, 5.74) is 2.13. The topological polar surface area (TPSA) is 46.9 Å². The van der Waals surface area contributed by atoms with E-state index in [1.54, 1.807) is 6.20 Å². The first kappa shape index (κ1) is 12.8. The van der Waals surface area contributed by atoms with Gasteiger partial charge in [-0.15, -0.1) is 0 Å². The standard InChI is InChI=1S/C13H17N3OS/c1-4-14-12-7-11(5-6-15-12)8-16-9(2)10(3)18-13(16)17/h5-7H,4,8H2,1-3H3,(H,14,15). The van der Waals surface area contributed by atoms with Gasteiger partial charge in [-0.3, -0.25) is 9.36 Å². The fourth-order valence-corrected chi connectivity index (χ4v) is 2.63. The fraction of sp³-hybridized carbons (Fsp3) is 0.385. The largest absolute Gasteiger partial charge is 0.370 e. The Morgan fingerprint density at radius 2 is 2.22 bits per heavy atom. The summed E-state index contributed by atoms with van der Waals surface area (Å²) in [6.45, 7) is 7.45. The predicted molar refractivity (Wildman–Crippen MR) is 75.6 cm³/mol. The van der Waals surface area contributed by atoms with Gasteiger partial charge < -0.3 is 5.32 Å². The number of nitrogens with zero attached hydrogens (tertiary/aromatic N) is 2. The van der Waals surface area contributed by atoms with E-state index >= 15 is 0 Å². The van der Waals surface area contributed by atoms with Crippen molar-refractivity contribution in [2.75, 3.05) is 11.9 Å². The Labute approximate surface area is 110 Å². The molecule has 2 aromatic heterocycles. The van der Waals surface area contributed by atoms with Gasteiger partial charge in [0.05, 0.1) is 6.54 Å². The van der Waals surface area contributed by atoms with Crippen molar-refractivity contribution in [2.24, 2.45) is 0 Å². The molecule has 2 heterocycles. The molecule has 0 aliphatic rings. The maximum absolute atomic E-state index is 11.8. The molecule has 0 aliphatic heterocycles. The van der Waals surface area contributed by atoms with Crippen LogP contribution in [0.15, 0.2) is 23.1 Å². The van der Waals surface area contributed by atoms with Gasteiger partial charge >= 0.3 is 4.87 Å². The molecule has 5 heteroatoms. The number of rotatable bonds is 4. The highest BCUT2D eigenvalue weighted by atomic mass is 32.1. The summed E-state index contributed by atoms with van der Waals surface area (Å²) >= 11 is 1.31. The van der Waals surface area contributed by atoms with Gasteiger partial charge in [0.15, 0.2) is 0 Å². The van der Waals surface area contributed by atoms with E-state index in [9.17, 15) is 4.79 Å². The molecule has 4 nitrogen and oxygen atoms in total. The van der Waals surface area contributed by atoms with E-state index in [1.807, 2.05) is 37.5 Å². The van der Waals surface area contributed by atoms with E-state index in [2.05, 4.69) is 10.3 Å². The van der Waals surface area contributed by atoms with Gasteiger partial charge in [0.25, 0.3) is 0 Å². The average Bonchev–Trinajstić information content (AvgIpc) is 2.57. The van der Waals surface area contributed by atoms with Crippen molar-refractivity contribution in [2.45, 2.75) is 27.3 Å². The zero-order valence-electron chi connectivity index (χ0n) is 10.9. The number of hydrogen-bond donors (Lipinski definition) is 1. The summed E-state index contributed by atoms with van der Waals surface area (Å²) in [6, 6.07) is 3.93. The van der Waals surface area contributed by atoms with Crippen molar-refractivity contribution >= 4 is 17.2 Å². The molecular formula is C13H17N3OS. The molecule has 0 radical (unpaired) electrons. The molecule has 96 valence electrons. The molecule has 2 rings (SSSR count). The highest BCUT2D eigenvalue weighted by Crippen LogP contribution is 2.13. The van der Waals surface area contributed by atoms with Crippen LogP contribution in [-0.4, -0.2) is 16.1 Å². The summed E-state index contributed by atoms with van der Waals surface area (Å²) < 4.78 is 1.81. The van der Waals surface area contributed by atoms with Gasteiger partial charge in [0.2, 0.25) is 0 Å². The second-order valence-corrected chi connectivity index (χ2v) is 5.34. The Bertz CT molecular complexity index is 601. The van der Waals surface area contributed by atoms with Gasteiger partial charge in [0, 0.05) is 23.3 Å². The number of nitrogens with one attached hydrogen (secondary N) is 1. The fourth-order valence-electron chi connectivity index (χ4n) is 1.80. The third-order valence-electron chi connectivity index (χ3n) is 2.90. The molecule has 0 fully saturated rings. The van der Waals surface area contributed by atoms with E-state index in [-0.39, 0.29) is 4.87 Å². The summed E-state index contributed by atoms with van der Waals surface area (Å²) in [4.78, 5) is 17.2. The molecule has 18 heavy (non-hydrogen) atoms. The van der Waals surface area contributed by atoms with E-state index in [1.165, 1.54) is 11.3 Å². The third-order valence-corrected chi connectivity index (χ3v) is 3.89. The number of aromatic nitrogens is 2. The molecule has 0 bridgehead atoms. The number of thiazole rings is 1. The smallest absolute Gasteiger partial charge is 0.307 e. The first-order chi connectivity index (χ1) is 8.61. The van der Waals surface area contributed by atoms with Crippen LogP contribution in [0.1, 0.15) is 23.1 Å². The van der Waals surface area contributed by atoms with E-state index in [0.717, 1.165) is 28.5 Å². The second kappa shape index (κ2) is 5.35. The van der Waals surface area contributed by atoms with Gasteiger partial charge in [-0.05, 0) is 38.5 Å². The predicted octanol–water partition coefficient (Wildman–Crippen LogP) is 2.40. The van der Waals surface area contributed by atoms with Crippen LogP contribution in [0, 0.1) is 13.8 Å². The highest BCUT2D eigenvalue weighted by molar-refractivity contribution is 7.09. The number of aryl methyl sites for hydroxylation is 1. The Kier molecular flexibility index (Phi) is 3.81. The lowest BCUT2D eigenvalue weighted by Crippen LogP contribution is -2.15. The first-order valence-corrected chi connectivity index (χ1v) is 6.79. The Hall–Kier alpha value is -1.62. The minimum Gasteiger partial charge on any atom is -0.370 e. The van der Waals surface area contributed by atoms with Crippen molar-refractivity contribution in [3.05, 3.63) is 44.1 Å². The summed E-state index contributed by atoms with van der Waals surface area (Å²) in [7, 11) is 0. The van der Waals surface area contributed by atoms with Crippen LogP contribution in [0.25, 0.3) is 0 Å². The third kappa shape index (κ3) is 2.61. The SMILES string of the molecule is CCNc1cc(Cn2c(C)c(C)sc2=O)ccn1. The zero-order chi connectivity index (χ0) is 13.1. The lowest BCUT2D eigenvalue weighted by atomic mass is 10.2. The average molecular weight is 263 g/mol. The van der Waals surface area contributed by atoms with E-state index in [4.69, 9.17) is 0 Å². The van der Waals surface area contributed by atoms with Gasteiger partial charge in [-0.25, -0.2) is 4.98 Å². The highest BCUT2D eigenvalue weighted by Gasteiger charge is 2.08. The molecule has 0 unspecified atom stereocenters. The summed E-state index contributed by atoms with van der Waals surface area (Å²) in [6.07, 6.45) is 1.77. The normalized spacial score (nSPS) is 10.6. The number of hydrogen-bond acceptors (Lipinski definition) is 4. The molecule has 0 amide bonds. The van der Waals surface area contributed by atoms with Crippen LogP contribution >= 0.6 is 11.3 Å². The minimum atomic E-state index is 0.104. The Morgan fingerprint density at radius 1 is 1.44 bits per heavy atom. The minimum absolute atomic E-state index is 0.104. The molecular weight excluding hydrogens is 246 g/mol. The molecule has 0 saturated heterocycles. The van der Waals surface area contributed by atoms with Crippen molar-refractivity contribution < 1.29 is 0 Å². The van der Waals surface area contributed by atoms with Crippen molar-refractivity contribution in [3.63, 3.8) is 0 Å². The maximum Gasteiger partial charge on any atom is 0.307 e. The molecule has 0 aromatic carbocycles. The van der Waals surface area contributed by atoms with Crippen molar-refractivity contribution in [1.82, 2.24) is 9.55 Å². The van der Waals surface area contributed by atoms with E-state index in [0.29, 0.717) is 6.54 Å². The summed E-state index contributed by atoms with van der Waals surface area (Å²) in [5.74, 6) is 0.854. The van der Waals surface area contributed by atoms with E-state index < -0.39 is 0 Å². The van der Waals surface area contributed by atoms with Crippen molar-refractivity contribution in [1.29, 1.82) is 0 Å². The number of anilines is 1. The van der Waals surface area contributed by atoms with Crippen LogP contribution in [0.2, 0.25) is 0 Å².